The van der Waals surface area contributed by atoms with Gasteiger partial charge >= 0.3 is 0 Å². The smallest absolute Gasteiger partial charge is 0.241 e. The minimum absolute atomic E-state index is 0.120. The van der Waals surface area contributed by atoms with E-state index in [9.17, 15) is 8.42 Å². The van der Waals surface area contributed by atoms with Crippen molar-refractivity contribution in [3.63, 3.8) is 0 Å². The van der Waals surface area contributed by atoms with Gasteiger partial charge in [-0.3, -0.25) is 0 Å². The summed E-state index contributed by atoms with van der Waals surface area (Å²) in [6.07, 6.45) is 0. The van der Waals surface area contributed by atoms with Crippen LogP contribution in [0.15, 0.2) is 29.2 Å². The van der Waals surface area contributed by atoms with Gasteiger partial charge in [0.2, 0.25) is 10.0 Å². The Morgan fingerprint density at radius 3 is 2.48 bits per heavy atom. The maximum atomic E-state index is 12.5. The predicted molar refractivity (Wildman–Crippen MR) is 86.2 cm³/mol. The fourth-order valence-electron chi connectivity index (χ4n) is 1.51. The first-order valence-electron chi connectivity index (χ1n) is 6.98. The summed E-state index contributed by atoms with van der Waals surface area (Å²) >= 11 is 0. The first-order valence-corrected chi connectivity index (χ1v) is 8.46. The number of sulfonamides is 1. The molecule has 0 spiro atoms. The highest BCUT2D eigenvalue weighted by molar-refractivity contribution is 7.89. The van der Waals surface area contributed by atoms with Crippen molar-refractivity contribution in [3.8, 4) is 11.8 Å². The summed E-state index contributed by atoms with van der Waals surface area (Å²) in [4.78, 5) is 0.200. The SMILES string of the molecule is CC(C)C(C)(C)CNS(=O)(=O)c1ccccc1C#CCN. The van der Waals surface area contributed by atoms with Crippen LogP contribution in [0, 0.1) is 23.2 Å². The third-order valence-electron chi connectivity index (χ3n) is 3.78. The van der Waals surface area contributed by atoms with Gasteiger partial charge in [0.25, 0.3) is 0 Å². The lowest BCUT2D eigenvalue weighted by atomic mass is 9.81. The summed E-state index contributed by atoms with van der Waals surface area (Å²) in [6, 6.07) is 6.70. The highest BCUT2D eigenvalue weighted by atomic mass is 32.2. The second kappa shape index (κ2) is 7.08. The van der Waals surface area contributed by atoms with Crippen LogP contribution in [0.25, 0.3) is 0 Å². The van der Waals surface area contributed by atoms with E-state index in [1.54, 1.807) is 24.3 Å². The normalized spacial score (nSPS) is 12.1. The van der Waals surface area contributed by atoms with Crippen LogP contribution in [-0.4, -0.2) is 21.5 Å². The maximum absolute atomic E-state index is 12.5. The Hall–Kier alpha value is -1.35. The summed E-state index contributed by atoms with van der Waals surface area (Å²) < 4.78 is 27.6. The number of hydrogen-bond acceptors (Lipinski definition) is 3. The van der Waals surface area contributed by atoms with Crippen LogP contribution in [0.2, 0.25) is 0 Å². The van der Waals surface area contributed by atoms with Crippen molar-refractivity contribution in [2.45, 2.75) is 32.6 Å². The molecule has 116 valence electrons. The molecule has 0 radical (unpaired) electrons. The van der Waals surface area contributed by atoms with E-state index in [1.807, 2.05) is 13.8 Å². The molecule has 4 nitrogen and oxygen atoms in total. The van der Waals surface area contributed by atoms with Crippen molar-refractivity contribution in [3.05, 3.63) is 29.8 Å². The summed E-state index contributed by atoms with van der Waals surface area (Å²) in [6.45, 7) is 8.82. The second-order valence-electron chi connectivity index (χ2n) is 5.97. The average molecular weight is 308 g/mol. The lowest BCUT2D eigenvalue weighted by molar-refractivity contribution is 0.252. The lowest BCUT2D eigenvalue weighted by Gasteiger charge is -2.29. The Balaban J connectivity index is 3.04. The third-order valence-corrected chi connectivity index (χ3v) is 5.24. The molecule has 5 heteroatoms. The van der Waals surface area contributed by atoms with Crippen molar-refractivity contribution in [2.24, 2.45) is 17.1 Å². The van der Waals surface area contributed by atoms with Gasteiger partial charge in [0, 0.05) is 12.1 Å². The lowest BCUT2D eigenvalue weighted by Crippen LogP contribution is -2.37. The minimum atomic E-state index is -3.58. The van der Waals surface area contributed by atoms with Gasteiger partial charge in [0.15, 0.2) is 0 Å². The maximum Gasteiger partial charge on any atom is 0.241 e. The van der Waals surface area contributed by atoms with Gasteiger partial charge in [-0.25, -0.2) is 13.1 Å². The van der Waals surface area contributed by atoms with E-state index in [4.69, 9.17) is 5.73 Å². The van der Waals surface area contributed by atoms with Gasteiger partial charge in [-0.15, -0.1) is 0 Å². The summed E-state index contributed by atoms with van der Waals surface area (Å²) in [5.41, 5.74) is 5.70. The van der Waals surface area contributed by atoms with Gasteiger partial charge in [-0.05, 0) is 23.5 Å². The molecule has 0 aliphatic rings. The zero-order chi connectivity index (χ0) is 16.1. The number of nitrogens with one attached hydrogen (secondary N) is 1. The van der Waals surface area contributed by atoms with Crippen LogP contribution in [0.5, 0.6) is 0 Å². The van der Waals surface area contributed by atoms with Gasteiger partial charge < -0.3 is 5.73 Å². The zero-order valence-corrected chi connectivity index (χ0v) is 13.9. The molecular formula is C16H24N2O2S. The molecule has 0 bridgehead atoms. The Labute approximate surface area is 128 Å². The first-order chi connectivity index (χ1) is 9.70. The molecule has 21 heavy (non-hydrogen) atoms. The highest BCUT2D eigenvalue weighted by Gasteiger charge is 2.26. The first kappa shape index (κ1) is 17.7. The standard InChI is InChI=1S/C16H24N2O2S/c1-13(2)16(3,4)12-18-21(19,20)15-10-6-5-8-14(15)9-7-11-17/h5-6,8,10,13,18H,11-12,17H2,1-4H3. The predicted octanol–water partition coefficient (Wildman–Crippen LogP) is 1.96. The molecule has 1 rings (SSSR count). The molecular weight excluding hydrogens is 284 g/mol. The monoisotopic (exact) mass is 308 g/mol. The van der Waals surface area contributed by atoms with E-state index in [0.29, 0.717) is 18.0 Å². The van der Waals surface area contributed by atoms with Crippen LogP contribution in [0.4, 0.5) is 0 Å². The molecule has 0 fully saturated rings. The van der Waals surface area contributed by atoms with Crippen LogP contribution in [0.1, 0.15) is 33.3 Å². The molecule has 0 aromatic heterocycles. The summed E-state index contributed by atoms with van der Waals surface area (Å²) in [5, 5.41) is 0. The molecule has 0 atom stereocenters. The fourth-order valence-corrected chi connectivity index (χ4v) is 2.90. The van der Waals surface area contributed by atoms with Crippen molar-refractivity contribution < 1.29 is 8.42 Å². The Morgan fingerprint density at radius 2 is 1.90 bits per heavy atom. The van der Waals surface area contributed by atoms with Crippen molar-refractivity contribution in [2.75, 3.05) is 13.1 Å². The number of rotatable bonds is 5. The molecule has 0 amide bonds. The van der Waals surface area contributed by atoms with Crippen LogP contribution in [-0.2, 0) is 10.0 Å². The van der Waals surface area contributed by atoms with E-state index in [1.165, 1.54) is 0 Å². The molecule has 0 saturated heterocycles. The van der Waals surface area contributed by atoms with Gasteiger partial charge in [0.1, 0.15) is 0 Å². The van der Waals surface area contributed by atoms with E-state index < -0.39 is 10.0 Å². The van der Waals surface area contributed by atoms with E-state index in [-0.39, 0.29) is 16.9 Å². The number of hydrogen-bond donors (Lipinski definition) is 2. The van der Waals surface area contributed by atoms with Crippen molar-refractivity contribution >= 4 is 10.0 Å². The zero-order valence-electron chi connectivity index (χ0n) is 13.1. The van der Waals surface area contributed by atoms with Gasteiger partial charge in [-0.1, -0.05) is 51.7 Å². The quantitative estimate of drug-likeness (QED) is 0.817. The fraction of sp³-hybridized carbons (Fsp3) is 0.500. The second-order valence-corrected chi connectivity index (χ2v) is 7.71. The molecule has 0 saturated carbocycles. The topological polar surface area (TPSA) is 72.2 Å². The summed E-state index contributed by atoms with van der Waals surface area (Å²) in [5.74, 6) is 5.87. The molecule has 0 unspecified atom stereocenters. The Bertz CT molecular complexity index is 638. The molecule has 0 aliphatic carbocycles. The Kier molecular flexibility index (Phi) is 5.97. The van der Waals surface area contributed by atoms with E-state index in [2.05, 4.69) is 30.4 Å². The van der Waals surface area contributed by atoms with Crippen LogP contribution >= 0.6 is 0 Å². The van der Waals surface area contributed by atoms with Crippen LogP contribution in [0.3, 0.4) is 0 Å². The molecule has 0 aliphatic heterocycles. The van der Waals surface area contributed by atoms with Gasteiger partial charge in [0.05, 0.1) is 11.4 Å². The van der Waals surface area contributed by atoms with Gasteiger partial charge in [-0.2, -0.15) is 0 Å². The summed E-state index contributed by atoms with van der Waals surface area (Å²) in [7, 11) is -3.58. The highest BCUT2D eigenvalue weighted by Crippen LogP contribution is 2.25. The Morgan fingerprint density at radius 1 is 1.29 bits per heavy atom. The third kappa shape index (κ3) is 4.85. The van der Waals surface area contributed by atoms with E-state index in [0.717, 1.165) is 0 Å². The minimum Gasteiger partial charge on any atom is -0.320 e. The van der Waals surface area contributed by atoms with E-state index >= 15 is 0 Å². The van der Waals surface area contributed by atoms with Crippen molar-refractivity contribution in [1.29, 1.82) is 0 Å². The molecule has 1 aromatic rings. The largest absolute Gasteiger partial charge is 0.320 e. The molecule has 0 heterocycles. The number of nitrogens with two attached hydrogens (primary N) is 1. The molecule has 1 aromatic carbocycles. The van der Waals surface area contributed by atoms with Crippen LogP contribution < -0.4 is 10.5 Å². The molecule has 3 N–H and O–H groups in total. The van der Waals surface area contributed by atoms with Crippen molar-refractivity contribution in [1.82, 2.24) is 4.72 Å². The number of benzene rings is 1. The average Bonchev–Trinajstić information content (AvgIpc) is 2.43.